The minimum atomic E-state index is -1.22. The lowest BCUT2D eigenvalue weighted by atomic mass is 9.93. The normalized spacial score (nSPS) is 18.0. The number of epoxide rings is 1. The molecule has 46 heavy (non-hydrogen) atoms. The molecule has 0 aliphatic carbocycles. The molecule has 1 aliphatic rings. The fraction of sp³-hybridized carbons (Fsp3) is 0.500. The Labute approximate surface area is 270 Å². The fourth-order valence-electron chi connectivity index (χ4n) is 4.91. The topological polar surface area (TPSA) is 164 Å². The second-order valence-electron chi connectivity index (χ2n) is 12.0. The molecule has 12 heteroatoms. The summed E-state index contributed by atoms with van der Waals surface area (Å²) in [7, 11) is 2.75. The van der Waals surface area contributed by atoms with Gasteiger partial charge in [0, 0.05) is 20.6 Å². The van der Waals surface area contributed by atoms with Crippen LogP contribution in [-0.4, -0.2) is 86.8 Å². The zero-order chi connectivity index (χ0) is 33.7. The van der Waals surface area contributed by atoms with Crippen LogP contribution in [-0.2, 0) is 46.2 Å². The van der Waals surface area contributed by atoms with E-state index >= 15 is 0 Å². The van der Waals surface area contributed by atoms with Gasteiger partial charge in [-0.05, 0) is 43.2 Å². The molecule has 1 aliphatic heterocycles. The molecule has 0 spiro atoms. The molecule has 1 fully saturated rings. The molecule has 0 saturated carbocycles. The van der Waals surface area contributed by atoms with Gasteiger partial charge in [0.25, 0.3) is 5.91 Å². The molecule has 1 heterocycles. The lowest BCUT2D eigenvalue weighted by molar-refractivity contribution is -0.137. The number of carbonyl (C=O) groups is 5. The van der Waals surface area contributed by atoms with Crippen LogP contribution in [0, 0.1) is 5.92 Å². The van der Waals surface area contributed by atoms with Crippen molar-refractivity contribution in [1.29, 1.82) is 0 Å². The van der Waals surface area contributed by atoms with Crippen molar-refractivity contribution in [1.82, 2.24) is 21.3 Å². The Balaban J connectivity index is 1.78. The van der Waals surface area contributed by atoms with Gasteiger partial charge in [0.05, 0.1) is 19.3 Å². The first-order valence-corrected chi connectivity index (χ1v) is 15.5. The standard InChI is InChI=1S/C34H46N4O8/c1-22(2)18-25(29(39)34(3)21-45-34)36-30(40)26(19-24-14-10-7-11-15-24)37-31(41)27(20-44-5)38-32(42)28(46-33(43)35-4)17-16-23-12-8-6-9-13-23/h6-15,22,25-28H,16-21H2,1-5H3,(H,35,43)(H,36,40)(H,37,41)(H,38,42)/t25?,26-,27-,28-,34+/m0/s1. The van der Waals surface area contributed by atoms with Crippen LogP contribution < -0.4 is 21.3 Å². The minimum absolute atomic E-state index is 0.104. The minimum Gasteiger partial charge on any atom is -0.436 e. The summed E-state index contributed by atoms with van der Waals surface area (Å²) in [4.78, 5) is 65.9. The third-order valence-electron chi connectivity index (χ3n) is 7.60. The van der Waals surface area contributed by atoms with E-state index in [1.54, 1.807) is 6.92 Å². The number of rotatable bonds is 18. The maximum atomic E-state index is 13.7. The number of methoxy groups -OCH3 is 1. The largest absolute Gasteiger partial charge is 0.436 e. The van der Waals surface area contributed by atoms with Gasteiger partial charge in [-0.1, -0.05) is 74.5 Å². The summed E-state index contributed by atoms with van der Waals surface area (Å²) in [5, 5.41) is 10.6. The first-order valence-electron chi connectivity index (χ1n) is 15.5. The van der Waals surface area contributed by atoms with E-state index in [1.807, 2.05) is 74.5 Å². The molecular formula is C34H46N4O8. The number of nitrogens with one attached hydrogen (secondary N) is 4. The maximum Gasteiger partial charge on any atom is 0.407 e. The van der Waals surface area contributed by atoms with Crippen LogP contribution in [0.25, 0.3) is 0 Å². The summed E-state index contributed by atoms with van der Waals surface area (Å²) in [6.07, 6.45) is -0.870. The molecule has 2 aromatic carbocycles. The number of Topliss-reactive ketones (excluding diaryl/α,β-unsaturated/α-hetero) is 1. The Morgan fingerprint density at radius 2 is 1.37 bits per heavy atom. The second-order valence-corrected chi connectivity index (χ2v) is 12.0. The molecule has 1 unspecified atom stereocenters. The summed E-state index contributed by atoms with van der Waals surface area (Å²) >= 11 is 0. The quantitative estimate of drug-likeness (QED) is 0.180. The third kappa shape index (κ3) is 11.3. The van der Waals surface area contributed by atoms with Crippen molar-refractivity contribution in [2.24, 2.45) is 5.92 Å². The molecular weight excluding hydrogens is 592 g/mol. The van der Waals surface area contributed by atoms with Gasteiger partial charge in [-0.15, -0.1) is 0 Å². The molecule has 4 N–H and O–H groups in total. The highest BCUT2D eigenvalue weighted by Crippen LogP contribution is 2.29. The molecule has 4 amide bonds. The predicted molar refractivity (Wildman–Crippen MR) is 171 cm³/mol. The van der Waals surface area contributed by atoms with E-state index < -0.39 is 53.6 Å². The van der Waals surface area contributed by atoms with Crippen molar-refractivity contribution in [2.45, 2.75) is 76.3 Å². The van der Waals surface area contributed by atoms with E-state index in [9.17, 15) is 24.0 Å². The second kappa shape index (κ2) is 17.4. The zero-order valence-electron chi connectivity index (χ0n) is 27.2. The summed E-state index contributed by atoms with van der Waals surface area (Å²) in [5.74, 6) is -2.04. The molecule has 0 aromatic heterocycles. The highest BCUT2D eigenvalue weighted by molar-refractivity contribution is 5.98. The third-order valence-corrected chi connectivity index (χ3v) is 7.60. The summed E-state index contributed by atoms with van der Waals surface area (Å²) in [6, 6.07) is 15.4. The molecule has 5 atom stereocenters. The van der Waals surface area contributed by atoms with Gasteiger partial charge in [0.2, 0.25) is 11.8 Å². The van der Waals surface area contributed by atoms with Crippen LogP contribution in [0.5, 0.6) is 0 Å². The Morgan fingerprint density at radius 1 is 0.826 bits per heavy atom. The van der Waals surface area contributed by atoms with E-state index in [-0.39, 0.29) is 37.8 Å². The van der Waals surface area contributed by atoms with Crippen LogP contribution in [0.1, 0.15) is 44.7 Å². The summed E-state index contributed by atoms with van der Waals surface area (Å²) < 4.78 is 15.9. The van der Waals surface area contributed by atoms with Gasteiger partial charge in [0.1, 0.15) is 17.7 Å². The lowest BCUT2D eigenvalue weighted by Crippen LogP contribution is -2.59. The SMILES string of the molecule is CNC(=O)O[C@@H](CCc1ccccc1)C(=O)N[C@@H](COC)C(=O)N[C@@H](Cc1ccccc1)C(=O)NC(CC(C)C)C(=O)[C@@]1(C)CO1. The number of aryl methyl sites for hydroxylation is 1. The van der Waals surface area contributed by atoms with Crippen molar-refractivity contribution in [2.75, 3.05) is 27.4 Å². The number of hydrogen-bond donors (Lipinski definition) is 4. The molecule has 250 valence electrons. The predicted octanol–water partition coefficient (Wildman–Crippen LogP) is 2.09. The number of ether oxygens (including phenoxy) is 3. The average molecular weight is 639 g/mol. The van der Waals surface area contributed by atoms with Crippen molar-refractivity contribution < 1.29 is 38.2 Å². The van der Waals surface area contributed by atoms with Crippen LogP contribution in [0.3, 0.4) is 0 Å². The van der Waals surface area contributed by atoms with Crippen molar-refractivity contribution in [3.05, 3.63) is 71.8 Å². The van der Waals surface area contributed by atoms with Crippen molar-refractivity contribution >= 4 is 29.6 Å². The van der Waals surface area contributed by atoms with E-state index in [1.165, 1.54) is 14.2 Å². The summed E-state index contributed by atoms with van der Waals surface area (Å²) in [6.45, 7) is 5.66. The monoisotopic (exact) mass is 638 g/mol. The smallest absolute Gasteiger partial charge is 0.407 e. The van der Waals surface area contributed by atoms with Crippen LogP contribution in [0.4, 0.5) is 4.79 Å². The van der Waals surface area contributed by atoms with Gasteiger partial charge < -0.3 is 35.5 Å². The van der Waals surface area contributed by atoms with Gasteiger partial charge in [0.15, 0.2) is 11.9 Å². The first-order chi connectivity index (χ1) is 21.9. The zero-order valence-corrected chi connectivity index (χ0v) is 27.2. The van der Waals surface area contributed by atoms with Crippen molar-refractivity contribution in [3.8, 4) is 0 Å². The Morgan fingerprint density at radius 3 is 1.91 bits per heavy atom. The number of amides is 4. The Bertz CT molecular complexity index is 1320. The fourth-order valence-corrected chi connectivity index (χ4v) is 4.91. The maximum absolute atomic E-state index is 13.7. The van der Waals surface area contributed by atoms with Crippen molar-refractivity contribution in [3.63, 3.8) is 0 Å². The van der Waals surface area contributed by atoms with Gasteiger partial charge in [-0.25, -0.2) is 4.79 Å². The molecule has 1 saturated heterocycles. The lowest BCUT2D eigenvalue weighted by Gasteiger charge is -2.27. The van der Waals surface area contributed by atoms with Gasteiger partial charge in [-0.2, -0.15) is 0 Å². The number of benzene rings is 2. The Hall–Kier alpha value is -4.29. The van der Waals surface area contributed by atoms with E-state index in [0.717, 1.165) is 11.1 Å². The molecule has 0 bridgehead atoms. The van der Waals surface area contributed by atoms with Crippen LogP contribution >= 0.6 is 0 Å². The Kier molecular flexibility index (Phi) is 13.7. The highest BCUT2D eigenvalue weighted by Gasteiger charge is 2.50. The molecule has 2 aromatic rings. The molecule has 12 nitrogen and oxygen atoms in total. The van der Waals surface area contributed by atoms with E-state index in [0.29, 0.717) is 12.8 Å². The number of alkyl carbamates (subject to hydrolysis) is 1. The van der Waals surface area contributed by atoms with Crippen LogP contribution in [0.2, 0.25) is 0 Å². The number of carbonyl (C=O) groups excluding carboxylic acids is 5. The highest BCUT2D eigenvalue weighted by atomic mass is 16.6. The van der Waals surface area contributed by atoms with Crippen LogP contribution in [0.15, 0.2) is 60.7 Å². The summed E-state index contributed by atoms with van der Waals surface area (Å²) in [5.41, 5.74) is 0.782. The average Bonchev–Trinajstić information content (AvgIpc) is 3.80. The number of hydrogen-bond acceptors (Lipinski definition) is 8. The molecule has 3 rings (SSSR count). The molecule has 0 radical (unpaired) electrons. The first kappa shape index (κ1) is 36.2. The van der Waals surface area contributed by atoms with Gasteiger partial charge >= 0.3 is 6.09 Å². The van der Waals surface area contributed by atoms with Gasteiger partial charge in [-0.3, -0.25) is 19.2 Å². The van der Waals surface area contributed by atoms with E-state index in [2.05, 4.69) is 21.3 Å². The number of ketones is 1. The van der Waals surface area contributed by atoms with E-state index in [4.69, 9.17) is 14.2 Å².